The molecule has 2 aromatic rings. The molecule has 0 unspecified atom stereocenters. The highest BCUT2D eigenvalue weighted by molar-refractivity contribution is 5.90. The third kappa shape index (κ3) is 4.99. The van der Waals surface area contributed by atoms with Crippen LogP contribution in [0.3, 0.4) is 0 Å². The Balaban J connectivity index is 1.40. The summed E-state index contributed by atoms with van der Waals surface area (Å²) < 4.78 is 5.21. The van der Waals surface area contributed by atoms with Crippen molar-refractivity contribution in [3.05, 3.63) is 54.1 Å². The minimum atomic E-state index is 0.0754. The Morgan fingerprint density at radius 2 is 1.65 bits per heavy atom. The van der Waals surface area contributed by atoms with Gasteiger partial charge in [0.2, 0.25) is 5.91 Å². The first-order valence-corrected chi connectivity index (χ1v) is 9.12. The topological polar surface area (TPSA) is 44.8 Å². The first-order valence-electron chi connectivity index (χ1n) is 9.12. The van der Waals surface area contributed by atoms with Crippen LogP contribution in [0.5, 0.6) is 5.75 Å². The fraction of sp³-hybridized carbons (Fsp3) is 0.381. The number of anilines is 2. The highest BCUT2D eigenvalue weighted by Gasteiger charge is 2.17. The first-order chi connectivity index (χ1) is 12.6. The van der Waals surface area contributed by atoms with Gasteiger partial charge in [0.25, 0.3) is 0 Å². The Bertz CT molecular complexity index is 705. The highest BCUT2D eigenvalue weighted by atomic mass is 16.5. The predicted octanol–water partition coefficient (Wildman–Crippen LogP) is 3.15. The smallest absolute Gasteiger partial charge is 0.225 e. The van der Waals surface area contributed by atoms with Gasteiger partial charge in [0.15, 0.2) is 0 Å². The van der Waals surface area contributed by atoms with Crippen molar-refractivity contribution < 1.29 is 9.53 Å². The van der Waals surface area contributed by atoms with Gasteiger partial charge in [-0.25, -0.2) is 0 Å². The second kappa shape index (κ2) is 8.72. The molecule has 5 nitrogen and oxygen atoms in total. The van der Waals surface area contributed by atoms with Gasteiger partial charge in [0.1, 0.15) is 5.75 Å². The summed E-state index contributed by atoms with van der Waals surface area (Å²) in [6, 6.07) is 16.1. The normalized spacial score (nSPS) is 14.9. The zero-order valence-electron chi connectivity index (χ0n) is 15.6. The molecule has 0 bridgehead atoms. The molecule has 0 saturated carbocycles. The van der Waals surface area contributed by atoms with Crippen LogP contribution in [0.25, 0.3) is 0 Å². The lowest BCUT2D eigenvalue weighted by Crippen LogP contribution is -2.47. The quantitative estimate of drug-likeness (QED) is 0.866. The summed E-state index contributed by atoms with van der Waals surface area (Å²) in [5, 5.41) is 2.97. The molecule has 0 atom stereocenters. The molecule has 3 rings (SSSR count). The van der Waals surface area contributed by atoms with Crippen molar-refractivity contribution >= 4 is 17.3 Å². The highest BCUT2D eigenvalue weighted by Crippen LogP contribution is 2.20. The number of ether oxygens (including phenoxy) is 1. The van der Waals surface area contributed by atoms with E-state index in [-0.39, 0.29) is 5.91 Å². The van der Waals surface area contributed by atoms with Gasteiger partial charge in [-0.3, -0.25) is 9.69 Å². The zero-order chi connectivity index (χ0) is 18.4. The van der Waals surface area contributed by atoms with Crippen molar-refractivity contribution in [2.75, 3.05) is 50.1 Å². The van der Waals surface area contributed by atoms with Crippen LogP contribution < -0.4 is 15.0 Å². The van der Waals surface area contributed by atoms with E-state index in [1.165, 1.54) is 11.3 Å². The number of amides is 1. The molecule has 0 aromatic heterocycles. The maximum absolute atomic E-state index is 12.1. The van der Waals surface area contributed by atoms with Crippen molar-refractivity contribution in [3.8, 4) is 5.75 Å². The van der Waals surface area contributed by atoms with Crippen LogP contribution in [0.15, 0.2) is 48.5 Å². The van der Waals surface area contributed by atoms with Crippen LogP contribution in [0.4, 0.5) is 11.4 Å². The summed E-state index contributed by atoms with van der Waals surface area (Å²) in [6.45, 7) is 6.75. The van der Waals surface area contributed by atoms with E-state index in [1.807, 2.05) is 43.3 Å². The Hall–Kier alpha value is -2.53. The number of hydrogen-bond donors (Lipinski definition) is 1. The third-order valence-electron chi connectivity index (χ3n) is 4.80. The zero-order valence-corrected chi connectivity index (χ0v) is 15.6. The number of hydrogen-bond acceptors (Lipinski definition) is 4. The third-order valence-corrected chi connectivity index (χ3v) is 4.80. The number of carbonyl (C=O) groups is 1. The SMILES string of the molecule is COc1ccc(N2CCN(CCC(=O)Nc3ccc(C)cc3)CC2)cc1. The minimum Gasteiger partial charge on any atom is -0.497 e. The maximum Gasteiger partial charge on any atom is 0.225 e. The Morgan fingerprint density at radius 3 is 2.27 bits per heavy atom. The van der Waals surface area contributed by atoms with Crippen molar-refractivity contribution in [2.24, 2.45) is 0 Å². The molecule has 5 heteroatoms. The Labute approximate surface area is 155 Å². The molecular formula is C21H27N3O2. The van der Waals surface area contributed by atoms with Gasteiger partial charge in [-0.2, -0.15) is 0 Å². The largest absolute Gasteiger partial charge is 0.497 e. The first kappa shape index (κ1) is 18.3. The van der Waals surface area contributed by atoms with Crippen LogP contribution in [0, 0.1) is 6.92 Å². The monoisotopic (exact) mass is 353 g/mol. The van der Waals surface area contributed by atoms with Gasteiger partial charge < -0.3 is 15.0 Å². The molecule has 138 valence electrons. The number of aryl methyl sites for hydroxylation is 1. The maximum atomic E-state index is 12.1. The number of nitrogens with one attached hydrogen (secondary N) is 1. The number of methoxy groups -OCH3 is 1. The van der Waals surface area contributed by atoms with E-state index in [1.54, 1.807) is 7.11 Å². The molecule has 0 spiro atoms. The summed E-state index contributed by atoms with van der Waals surface area (Å²) in [7, 11) is 1.68. The second-order valence-corrected chi connectivity index (χ2v) is 6.69. The molecule has 26 heavy (non-hydrogen) atoms. The molecular weight excluding hydrogens is 326 g/mol. The molecule has 2 aromatic carbocycles. The fourth-order valence-corrected chi connectivity index (χ4v) is 3.14. The molecule has 1 aliphatic rings. The van der Waals surface area contributed by atoms with Gasteiger partial charge in [-0.15, -0.1) is 0 Å². The van der Waals surface area contributed by atoms with E-state index in [0.717, 1.165) is 44.2 Å². The van der Waals surface area contributed by atoms with Gasteiger partial charge in [-0.1, -0.05) is 17.7 Å². The van der Waals surface area contributed by atoms with E-state index in [0.29, 0.717) is 6.42 Å². The Morgan fingerprint density at radius 1 is 1.00 bits per heavy atom. The van der Waals surface area contributed by atoms with E-state index in [2.05, 4.69) is 27.2 Å². The van der Waals surface area contributed by atoms with Crippen molar-refractivity contribution in [1.29, 1.82) is 0 Å². The minimum absolute atomic E-state index is 0.0754. The molecule has 1 heterocycles. The summed E-state index contributed by atoms with van der Waals surface area (Å²) in [6.07, 6.45) is 0.524. The lowest BCUT2D eigenvalue weighted by Gasteiger charge is -2.36. The van der Waals surface area contributed by atoms with Gasteiger partial charge >= 0.3 is 0 Å². The van der Waals surface area contributed by atoms with Crippen molar-refractivity contribution in [1.82, 2.24) is 4.90 Å². The van der Waals surface area contributed by atoms with E-state index in [4.69, 9.17) is 4.74 Å². The number of benzene rings is 2. The van der Waals surface area contributed by atoms with Gasteiger partial charge in [0.05, 0.1) is 7.11 Å². The lowest BCUT2D eigenvalue weighted by molar-refractivity contribution is -0.116. The number of piperazine rings is 1. The van der Waals surface area contributed by atoms with E-state index < -0.39 is 0 Å². The summed E-state index contributed by atoms with van der Waals surface area (Å²) in [4.78, 5) is 16.9. The molecule has 1 saturated heterocycles. The van der Waals surface area contributed by atoms with Crippen molar-refractivity contribution in [3.63, 3.8) is 0 Å². The van der Waals surface area contributed by atoms with Gasteiger partial charge in [0, 0.05) is 50.5 Å². The molecule has 1 amide bonds. The standard InChI is InChI=1S/C21H27N3O2/c1-17-3-5-18(6-4-17)22-21(25)11-12-23-13-15-24(16-14-23)19-7-9-20(26-2)10-8-19/h3-10H,11-16H2,1-2H3,(H,22,25). The lowest BCUT2D eigenvalue weighted by atomic mass is 10.2. The number of nitrogens with zero attached hydrogens (tertiary/aromatic N) is 2. The average Bonchev–Trinajstić information content (AvgIpc) is 2.69. The molecule has 0 radical (unpaired) electrons. The van der Waals surface area contributed by atoms with Crippen LogP contribution in [-0.4, -0.2) is 50.6 Å². The number of carbonyl (C=O) groups excluding carboxylic acids is 1. The molecule has 1 fully saturated rings. The molecule has 0 aliphatic carbocycles. The van der Waals surface area contributed by atoms with Crippen LogP contribution in [0.1, 0.15) is 12.0 Å². The van der Waals surface area contributed by atoms with Crippen LogP contribution in [0.2, 0.25) is 0 Å². The summed E-state index contributed by atoms with van der Waals surface area (Å²) in [5.41, 5.74) is 3.28. The average molecular weight is 353 g/mol. The van der Waals surface area contributed by atoms with Crippen molar-refractivity contribution in [2.45, 2.75) is 13.3 Å². The molecule has 1 N–H and O–H groups in total. The van der Waals surface area contributed by atoms with E-state index in [9.17, 15) is 4.79 Å². The fourth-order valence-electron chi connectivity index (χ4n) is 3.14. The van der Waals surface area contributed by atoms with E-state index >= 15 is 0 Å². The van der Waals surface area contributed by atoms with Crippen LogP contribution >= 0.6 is 0 Å². The van der Waals surface area contributed by atoms with Gasteiger partial charge in [-0.05, 0) is 43.3 Å². The summed E-state index contributed by atoms with van der Waals surface area (Å²) in [5.74, 6) is 0.957. The second-order valence-electron chi connectivity index (χ2n) is 6.69. The number of rotatable bonds is 6. The predicted molar refractivity (Wildman–Crippen MR) is 106 cm³/mol. The molecule has 1 aliphatic heterocycles. The van der Waals surface area contributed by atoms with Crippen LogP contribution in [-0.2, 0) is 4.79 Å². The Kier molecular flexibility index (Phi) is 6.12. The summed E-state index contributed by atoms with van der Waals surface area (Å²) >= 11 is 0.